The predicted molar refractivity (Wildman–Crippen MR) is 69.2 cm³/mol. The molecule has 0 aromatic carbocycles. The van der Waals surface area contributed by atoms with Crippen molar-refractivity contribution in [3.63, 3.8) is 0 Å². The van der Waals surface area contributed by atoms with Gasteiger partial charge < -0.3 is 0 Å². The van der Waals surface area contributed by atoms with Crippen molar-refractivity contribution in [3.8, 4) is 0 Å². The molecule has 0 aromatic heterocycles. The van der Waals surface area contributed by atoms with Gasteiger partial charge in [0.05, 0.1) is 0 Å². The average molecular weight is 348 g/mol. The maximum absolute atomic E-state index is 12.2. The van der Waals surface area contributed by atoms with Gasteiger partial charge in [0.25, 0.3) is 0 Å². The Hall–Kier alpha value is 1.17. The summed E-state index contributed by atoms with van der Waals surface area (Å²) in [5.74, 6) is 0. The molecule has 0 aliphatic carbocycles. The van der Waals surface area contributed by atoms with Crippen molar-refractivity contribution in [3.05, 3.63) is 0 Å². The van der Waals surface area contributed by atoms with Crippen LogP contribution in [0, 0.1) is 0 Å². The zero-order valence-electron chi connectivity index (χ0n) is 10.5. The molecule has 0 bridgehead atoms. The molecule has 0 radical (unpaired) electrons. The van der Waals surface area contributed by atoms with Crippen molar-refractivity contribution in [1.82, 2.24) is 0 Å². The van der Waals surface area contributed by atoms with Crippen LogP contribution in [0.3, 0.4) is 0 Å². The van der Waals surface area contributed by atoms with Crippen LogP contribution in [0.5, 0.6) is 0 Å². The van der Waals surface area contributed by atoms with Crippen molar-refractivity contribution in [2.24, 2.45) is 0 Å². The summed E-state index contributed by atoms with van der Waals surface area (Å²) in [5, 5.41) is 0. The second kappa shape index (κ2) is 6.56. The van der Waals surface area contributed by atoms with Crippen LogP contribution in [0.15, 0.2) is 0 Å². The van der Waals surface area contributed by atoms with Crippen LogP contribution in [-0.4, -0.2) is 13.2 Å². The van der Waals surface area contributed by atoms with Gasteiger partial charge in [-0.15, -0.1) is 0 Å². The normalized spacial score (nSPS) is 16.5. The fraction of sp³-hybridized carbons (Fsp3) is 1.00. The standard InChI is InChI=1S/2C5H11O.3ClH.O.V/c2*1-2-3-4-5-6;;;;;/h2*2-5H2,1H3;3*1H;;/q2*-1;;;;;+5/p-3. The number of unbranched alkanes of at least 4 members (excludes halogenated alkanes) is 4. The molecule has 0 aromatic rings. The van der Waals surface area contributed by atoms with Crippen LogP contribution in [0.25, 0.3) is 0 Å². The van der Waals surface area contributed by atoms with E-state index in [9.17, 15) is 3.67 Å². The third-order valence-corrected chi connectivity index (χ3v) is 6.74. The Bertz CT molecular complexity index is 280. The SMILES string of the molecule is CCCCC[O][V](=[O])([Cl])([Cl])([Cl])[O]CCCCC. The Morgan fingerprint density at radius 3 is 1.47 bits per heavy atom. The van der Waals surface area contributed by atoms with Crippen LogP contribution in [-0.2, 0) is 20.5 Å². The molecule has 17 heavy (non-hydrogen) atoms. The molecule has 0 heterocycles. The van der Waals surface area contributed by atoms with Gasteiger partial charge in [-0.3, -0.25) is 0 Å². The van der Waals surface area contributed by atoms with Gasteiger partial charge in [0.2, 0.25) is 0 Å². The van der Waals surface area contributed by atoms with Crippen molar-refractivity contribution >= 4 is 29.5 Å². The summed E-state index contributed by atoms with van der Waals surface area (Å²) >= 11 is 0. The summed E-state index contributed by atoms with van der Waals surface area (Å²) < 4.78 is 22.2. The van der Waals surface area contributed by atoms with Gasteiger partial charge in [-0.2, -0.15) is 0 Å². The fourth-order valence-electron chi connectivity index (χ4n) is 1.23. The van der Waals surface area contributed by atoms with E-state index in [4.69, 9.17) is 36.9 Å². The Kier molecular flexibility index (Phi) is 7.01. The van der Waals surface area contributed by atoms with Gasteiger partial charge in [0, 0.05) is 0 Å². The Morgan fingerprint density at radius 2 is 1.18 bits per heavy atom. The molecule has 0 atom stereocenters. The molecule has 7 heteroatoms. The first-order valence-electron chi connectivity index (χ1n) is 6.05. The zero-order chi connectivity index (χ0) is 13.5. The molecule has 0 saturated heterocycles. The van der Waals surface area contributed by atoms with Crippen molar-refractivity contribution in [2.75, 3.05) is 13.2 Å². The molecule has 0 saturated carbocycles. The Balaban J connectivity index is 4.17. The number of rotatable bonds is 10. The van der Waals surface area contributed by atoms with Crippen LogP contribution in [0.1, 0.15) is 52.4 Å². The van der Waals surface area contributed by atoms with E-state index in [0.29, 0.717) is 12.8 Å². The molecular formula is C10H22Cl3O3V. The molecule has 0 amide bonds. The summed E-state index contributed by atoms with van der Waals surface area (Å²) in [7, 11) is 10.9. The van der Waals surface area contributed by atoms with E-state index in [1.165, 1.54) is 0 Å². The van der Waals surface area contributed by atoms with E-state index in [1.54, 1.807) is 0 Å². The van der Waals surface area contributed by atoms with Crippen LogP contribution < -0.4 is 0 Å². The molecule has 0 fully saturated rings. The van der Waals surface area contributed by atoms with Crippen molar-refractivity contribution in [1.29, 1.82) is 0 Å². The number of hydrogen-bond acceptors (Lipinski definition) is 3. The number of hydrogen-bond donors (Lipinski definition) is 0. The summed E-state index contributed by atoms with van der Waals surface area (Å²) in [6, 6.07) is 0. The molecule has 3 nitrogen and oxygen atoms in total. The molecule has 0 spiro atoms. The Labute approximate surface area is 115 Å². The first kappa shape index (κ1) is 18.2. The molecule has 0 N–H and O–H groups in total. The predicted octanol–water partition coefficient (Wildman–Crippen LogP) is 5.26. The van der Waals surface area contributed by atoms with Crippen LogP contribution >= 0.6 is 29.5 Å². The summed E-state index contributed by atoms with van der Waals surface area (Å²) in [6.45, 7) is 4.36. The van der Waals surface area contributed by atoms with Gasteiger partial charge in [-0.05, 0) is 0 Å². The molecule has 0 aliphatic rings. The molecule has 0 unspecified atom stereocenters. The fourth-order valence-corrected chi connectivity index (χ4v) is 4.57. The number of halogens is 3. The molecule has 106 valence electrons. The van der Waals surface area contributed by atoms with E-state index in [0.717, 1.165) is 25.7 Å². The van der Waals surface area contributed by atoms with Gasteiger partial charge in [-0.1, -0.05) is 0 Å². The van der Waals surface area contributed by atoms with Gasteiger partial charge >= 0.3 is 116 Å². The molecular weight excluding hydrogens is 325 g/mol. The maximum atomic E-state index is 12.2. The summed E-state index contributed by atoms with van der Waals surface area (Å²) in [4.78, 5) is 0. The average Bonchev–Trinajstić information content (AvgIpc) is 2.19. The van der Waals surface area contributed by atoms with E-state index >= 15 is 0 Å². The third kappa shape index (κ3) is 10.8. The van der Waals surface area contributed by atoms with Gasteiger partial charge in [0.1, 0.15) is 0 Å². The quantitative estimate of drug-likeness (QED) is 0.505. The second-order valence-corrected chi connectivity index (χ2v) is 19.6. The van der Waals surface area contributed by atoms with Gasteiger partial charge in [0.15, 0.2) is 0 Å². The molecule has 0 aliphatic heterocycles. The molecule has 0 rings (SSSR count). The summed E-state index contributed by atoms with van der Waals surface area (Å²) in [5.41, 5.74) is 0. The van der Waals surface area contributed by atoms with Gasteiger partial charge in [-0.25, -0.2) is 0 Å². The summed E-state index contributed by atoms with van der Waals surface area (Å²) in [6.07, 6.45) is 5.29. The van der Waals surface area contributed by atoms with Crippen molar-refractivity contribution < 1.29 is 20.5 Å². The minimum atomic E-state index is -6.26. The first-order chi connectivity index (χ1) is 7.62. The zero-order valence-corrected chi connectivity index (χ0v) is 14.1. The van der Waals surface area contributed by atoms with Crippen LogP contribution in [0.4, 0.5) is 0 Å². The van der Waals surface area contributed by atoms with E-state index in [1.807, 2.05) is 13.8 Å². The first-order valence-corrected chi connectivity index (χ1v) is 13.5. The second-order valence-electron chi connectivity index (χ2n) is 4.12. The van der Waals surface area contributed by atoms with E-state index in [2.05, 4.69) is 0 Å². The van der Waals surface area contributed by atoms with E-state index in [-0.39, 0.29) is 13.2 Å². The monoisotopic (exact) mass is 346 g/mol. The van der Waals surface area contributed by atoms with Crippen molar-refractivity contribution in [2.45, 2.75) is 52.4 Å². The third-order valence-electron chi connectivity index (χ3n) is 2.18. The minimum absolute atomic E-state index is 0.140. The van der Waals surface area contributed by atoms with Crippen LogP contribution in [0.2, 0.25) is 0 Å². The van der Waals surface area contributed by atoms with E-state index < -0.39 is 9.53 Å². The Morgan fingerprint density at radius 1 is 0.824 bits per heavy atom. The topological polar surface area (TPSA) is 35.5 Å².